The normalized spacial score (nSPS) is 21.6. The van der Waals surface area contributed by atoms with Crippen LogP contribution in [0.1, 0.15) is 56.0 Å². The number of benzene rings is 1. The number of imide groups is 2. The van der Waals surface area contributed by atoms with Gasteiger partial charge in [0.2, 0.25) is 11.8 Å². The number of hydrogen-bond acceptors (Lipinski definition) is 6. The van der Waals surface area contributed by atoms with Crippen LogP contribution < -0.4 is 5.32 Å². The summed E-state index contributed by atoms with van der Waals surface area (Å²) in [6.45, 7) is 4.55. The Morgan fingerprint density at radius 2 is 1.88 bits per heavy atom. The number of nitrogens with one attached hydrogen (secondary N) is 1. The topological polar surface area (TPSA) is 86.8 Å². The first-order valence-electron chi connectivity index (χ1n) is 10.7. The molecule has 1 atom stereocenters. The Bertz CT molecular complexity index is 1180. The van der Waals surface area contributed by atoms with E-state index in [4.69, 9.17) is 0 Å². The number of carbonyl (C=O) groups is 4. The van der Waals surface area contributed by atoms with E-state index >= 15 is 0 Å². The third-order valence-electron chi connectivity index (χ3n) is 6.30. The second kappa shape index (κ2) is 8.11. The number of nitrogens with zero attached hydrogens (tertiary/aromatic N) is 2. The van der Waals surface area contributed by atoms with Crippen LogP contribution in [0.4, 0.5) is 0 Å². The zero-order valence-corrected chi connectivity index (χ0v) is 18.5. The lowest BCUT2D eigenvalue weighted by atomic mass is 10.0. The number of piperidine rings is 1. The summed E-state index contributed by atoms with van der Waals surface area (Å²) in [5, 5.41) is 4.42. The van der Waals surface area contributed by atoms with Gasteiger partial charge in [-0.05, 0) is 60.0 Å². The number of aryl methyl sites for hydroxylation is 1. The van der Waals surface area contributed by atoms with Gasteiger partial charge in [0, 0.05) is 30.9 Å². The highest BCUT2D eigenvalue weighted by molar-refractivity contribution is 7.10. The summed E-state index contributed by atoms with van der Waals surface area (Å²) >= 11 is 1.76. The van der Waals surface area contributed by atoms with Gasteiger partial charge in [-0.25, -0.2) is 0 Å². The van der Waals surface area contributed by atoms with Crippen molar-refractivity contribution in [2.45, 2.75) is 38.8 Å². The minimum atomic E-state index is -0.935. The van der Waals surface area contributed by atoms with Crippen molar-refractivity contribution in [3.05, 3.63) is 62.9 Å². The fourth-order valence-electron chi connectivity index (χ4n) is 4.60. The van der Waals surface area contributed by atoms with Crippen LogP contribution in [-0.2, 0) is 16.1 Å². The van der Waals surface area contributed by atoms with Crippen LogP contribution in [0.15, 0.2) is 35.7 Å². The Kier molecular flexibility index (Phi) is 5.27. The molecular formula is C24H23N3O4S. The van der Waals surface area contributed by atoms with Crippen molar-refractivity contribution in [2.75, 3.05) is 13.1 Å². The Labute approximate surface area is 189 Å². The lowest BCUT2D eigenvalue weighted by Gasteiger charge is -2.27. The van der Waals surface area contributed by atoms with Crippen molar-refractivity contribution in [1.82, 2.24) is 15.1 Å². The summed E-state index contributed by atoms with van der Waals surface area (Å²) in [5.41, 5.74) is 4.29. The average Bonchev–Trinajstić information content (AvgIpc) is 3.31. The van der Waals surface area contributed by atoms with Crippen molar-refractivity contribution in [3.8, 4) is 0 Å². The van der Waals surface area contributed by atoms with E-state index in [0.717, 1.165) is 30.0 Å². The molecule has 3 aliphatic rings. The summed E-state index contributed by atoms with van der Waals surface area (Å²) in [5.74, 6) is -1.90. The Morgan fingerprint density at radius 3 is 2.56 bits per heavy atom. The Balaban J connectivity index is 1.30. The molecule has 1 aromatic carbocycles. The third-order valence-corrected chi connectivity index (χ3v) is 7.17. The van der Waals surface area contributed by atoms with Crippen LogP contribution in [-0.4, -0.2) is 52.6 Å². The SMILES string of the molecule is Cc1cc(C2=CCN(Cc3ccc4c(c3)C(=O)N(C3CCC(=O)NC3=O)C4=O)CC2)cs1. The maximum atomic E-state index is 13.0. The van der Waals surface area contributed by atoms with E-state index < -0.39 is 23.8 Å². The number of amides is 4. The first-order valence-corrected chi connectivity index (χ1v) is 11.6. The average molecular weight is 450 g/mol. The van der Waals surface area contributed by atoms with E-state index in [0.29, 0.717) is 17.7 Å². The van der Waals surface area contributed by atoms with Gasteiger partial charge in [-0.1, -0.05) is 12.1 Å². The molecule has 7 nitrogen and oxygen atoms in total. The van der Waals surface area contributed by atoms with E-state index in [1.807, 2.05) is 6.07 Å². The molecule has 1 fully saturated rings. The molecule has 0 aliphatic carbocycles. The molecule has 164 valence electrons. The third kappa shape index (κ3) is 3.69. The lowest BCUT2D eigenvalue weighted by molar-refractivity contribution is -0.136. The summed E-state index contributed by atoms with van der Waals surface area (Å²) in [4.78, 5) is 54.1. The van der Waals surface area contributed by atoms with E-state index in [-0.39, 0.29) is 18.7 Å². The van der Waals surface area contributed by atoms with Gasteiger partial charge in [-0.3, -0.25) is 34.3 Å². The van der Waals surface area contributed by atoms with Crippen LogP contribution in [0.25, 0.3) is 5.57 Å². The number of fused-ring (bicyclic) bond motifs is 1. The fraction of sp³-hybridized carbons (Fsp3) is 0.333. The van der Waals surface area contributed by atoms with Crippen LogP contribution in [0.3, 0.4) is 0 Å². The molecule has 0 saturated carbocycles. The minimum absolute atomic E-state index is 0.116. The first kappa shape index (κ1) is 20.8. The molecule has 0 radical (unpaired) electrons. The predicted molar refractivity (Wildman–Crippen MR) is 120 cm³/mol. The Hall–Kier alpha value is -3.10. The first-order chi connectivity index (χ1) is 15.4. The van der Waals surface area contributed by atoms with Crippen molar-refractivity contribution in [1.29, 1.82) is 0 Å². The monoisotopic (exact) mass is 449 g/mol. The highest BCUT2D eigenvalue weighted by Gasteiger charge is 2.44. The number of thiophene rings is 1. The van der Waals surface area contributed by atoms with Gasteiger partial charge in [0.15, 0.2) is 0 Å². The molecule has 1 unspecified atom stereocenters. The summed E-state index contributed by atoms with van der Waals surface area (Å²) < 4.78 is 0. The van der Waals surface area contributed by atoms with E-state index in [9.17, 15) is 19.2 Å². The summed E-state index contributed by atoms with van der Waals surface area (Å²) in [6, 6.07) is 6.61. The molecule has 1 saturated heterocycles. The molecular weight excluding hydrogens is 426 g/mol. The highest BCUT2D eigenvalue weighted by Crippen LogP contribution is 2.30. The highest BCUT2D eigenvalue weighted by atomic mass is 32.1. The van der Waals surface area contributed by atoms with Crippen LogP contribution in [0.2, 0.25) is 0 Å². The van der Waals surface area contributed by atoms with Crippen molar-refractivity contribution in [3.63, 3.8) is 0 Å². The second-order valence-electron chi connectivity index (χ2n) is 8.49. The van der Waals surface area contributed by atoms with E-state index in [1.165, 1.54) is 16.0 Å². The van der Waals surface area contributed by atoms with E-state index in [1.54, 1.807) is 23.5 Å². The molecule has 1 N–H and O–H groups in total. The number of carbonyl (C=O) groups excluding carboxylic acids is 4. The Morgan fingerprint density at radius 1 is 1.06 bits per heavy atom. The summed E-state index contributed by atoms with van der Waals surface area (Å²) in [7, 11) is 0. The summed E-state index contributed by atoms with van der Waals surface area (Å²) in [6.07, 6.45) is 3.51. The molecule has 32 heavy (non-hydrogen) atoms. The molecule has 0 bridgehead atoms. The maximum absolute atomic E-state index is 13.0. The maximum Gasteiger partial charge on any atom is 0.262 e. The van der Waals surface area contributed by atoms with Crippen molar-refractivity contribution < 1.29 is 19.2 Å². The van der Waals surface area contributed by atoms with Crippen LogP contribution in [0, 0.1) is 6.92 Å². The molecule has 5 rings (SSSR count). The zero-order valence-electron chi connectivity index (χ0n) is 17.7. The van der Waals surface area contributed by atoms with Crippen LogP contribution in [0.5, 0.6) is 0 Å². The largest absolute Gasteiger partial charge is 0.295 e. The van der Waals surface area contributed by atoms with Gasteiger partial charge in [-0.15, -0.1) is 11.3 Å². The van der Waals surface area contributed by atoms with Gasteiger partial charge in [0.05, 0.1) is 11.1 Å². The standard InChI is InChI=1S/C24H23N3O4S/c1-14-10-17(13-32-14)16-6-8-26(9-7-16)12-15-2-3-18-19(11-15)24(31)27(23(18)30)20-4-5-21(28)25-22(20)29/h2-3,6,10-11,13,20H,4-5,7-9,12H2,1H3,(H,25,28,29). The van der Waals surface area contributed by atoms with Crippen molar-refractivity contribution in [2.24, 2.45) is 0 Å². The van der Waals surface area contributed by atoms with Gasteiger partial charge < -0.3 is 0 Å². The minimum Gasteiger partial charge on any atom is -0.295 e. The number of rotatable bonds is 4. The predicted octanol–water partition coefficient (Wildman–Crippen LogP) is 2.75. The van der Waals surface area contributed by atoms with Crippen molar-refractivity contribution >= 4 is 40.5 Å². The smallest absolute Gasteiger partial charge is 0.262 e. The molecule has 2 aromatic rings. The molecule has 0 spiro atoms. The molecule has 8 heteroatoms. The second-order valence-corrected chi connectivity index (χ2v) is 9.60. The quantitative estimate of drug-likeness (QED) is 0.726. The zero-order chi connectivity index (χ0) is 22.4. The van der Waals surface area contributed by atoms with Gasteiger partial charge in [-0.2, -0.15) is 0 Å². The lowest BCUT2D eigenvalue weighted by Crippen LogP contribution is -2.54. The van der Waals surface area contributed by atoms with E-state index in [2.05, 4.69) is 34.7 Å². The van der Waals surface area contributed by atoms with Gasteiger partial charge >= 0.3 is 0 Å². The molecule has 3 aliphatic heterocycles. The number of hydrogen-bond donors (Lipinski definition) is 1. The molecule has 4 heterocycles. The van der Waals surface area contributed by atoms with Crippen LogP contribution >= 0.6 is 11.3 Å². The van der Waals surface area contributed by atoms with Gasteiger partial charge in [0.1, 0.15) is 6.04 Å². The van der Waals surface area contributed by atoms with Gasteiger partial charge in [0.25, 0.3) is 11.8 Å². The molecule has 4 amide bonds. The fourth-order valence-corrected chi connectivity index (χ4v) is 5.33. The molecule has 1 aromatic heterocycles.